The Hall–Kier alpha value is -2.12. The molecule has 1 aromatic carbocycles. The first kappa shape index (κ1) is 20.2. The highest BCUT2D eigenvalue weighted by molar-refractivity contribution is 7.09. The van der Waals surface area contributed by atoms with Crippen LogP contribution in [0.3, 0.4) is 0 Å². The minimum atomic E-state index is 0.0288. The number of hydrogen-bond acceptors (Lipinski definition) is 5. The third kappa shape index (κ3) is 6.31. The number of ether oxygens (including phenoxy) is 2. The average molecular weight is 377 g/mol. The van der Waals surface area contributed by atoms with E-state index >= 15 is 0 Å². The number of guanidine groups is 1. The molecule has 0 radical (unpaired) electrons. The van der Waals surface area contributed by atoms with Crippen molar-refractivity contribution in [1.29, 1.82) is 0 Å². The second-order valence-electron chi connectivity index (χ2n) is 5.90. The second kappa shape index (κ2) is 10.8. The molecule has 2 rings (SSSR count). The van der Waals surface area contributed by atoms with Crippen molar-refractivity contribution in [3.8, 4) is 5.75 Å². The molecule has 0 amide bonds. The summed E-state index contributed by atoms with van der Waals surface area (Å²) in [5, 5.41) is 6.43. The molecular formula is C19H28N4O2S. The predicted molar refractivity (Wildman–Crippen MR) is 107 cm³/mol. The summed E-state index contributed by atoms with van der Waals surface area (Å²) in [6.45, 7) is 4.17. The Morgan fingerprint density at radius 2 is 2.12 bits per heavy atom. The van der Waals surface area contributed by atoms with Crippen LogP contribution in [-0.4, -0.2) is 50.2 Å². The lowest BCUT2D eigenvalue weighted by molar-refractivity contribution is 0.119. The molecule has 1 heterocycles. The number of nitrogens with zero attached hydrogens (tertiary/aromatic N) is 3. The van der Waals surface area contributed by atoms with Crippen molar-refractivity contribution in [1.82, 2.24) is 15.2 Å². The molecule has 1 atom stereocenters. The van der Waals surface area contributed by atoms with E-state index in [0.29, 0.717) is 13.2 Å². The summed E-state index contributed by atoms with van der Waals surface area (Å²) < 4.78 is 11.0. The zero-order chi connectivity index (χ0) is 18.8. The van der Waals surface area contributed by atoms with Crippen LogP contribution in [0.5, 0.6) is 5.75 Å². The summed E-state index contributed by atoms with van der Waals surface area (Å²) in [5.41, 5.74) is 1.02. The van der Waals surface area contributed by atoms with Gasteiger partial charge in [0, 0.05) is 33.1 Å². The number of aliphatic imine (C=N–C) groups is 1. The van der Waals surface area contributed by atoms with E-state index < -0.39 is 0 Å². The van der Waals surface area contributed by atoms with Crippen LogP contribution >= 0.6 is 11.3 Å². The summed E-state index contributed by atoms with van der Waals surface area (Å²) in [6.07, 6.45) is 0.926. The highest BCUT2D eigenvalue weighted by atomic mass is 32.1. The molecule has 0 bridgehead atoms. The van der Waals surface area contributed by atoms with Crippen LogP contribution in [0.25, 0.3) is 0 Å². The third-order valence-corrected chi connectivity index (χ3v) is 4.91. The van der Waals surface area contributed by atoms with Gasteiger partial charge in [-0.3, -0.25) is 4.99 Å². The monoisotopic (exact) mass is 376 g/mol. The van der Waals surface area contributed by atoms with Crippen molar-refractivity contribution in [3.05, 3.63) is 46.4 Å². The zero-order valence-electron chi connectivity index (χ0n) is 15.9. The lowest BCUT2D eigenvalue weighted by Crippen LogP contribution is -2.39. The van der Waals surface area contributed by atoms with E-state index in [4.69, 9.17) is 9.47 Å². The van der Waals surface area contributed by atoms with Gasteiger partial charge in [-0.05, 0) is 25.5 Å². The van der Waals surface area contributed by atoms with Crippen LogP contribution in [0.1, 0.15) is 30.2 Å². The van der Waals surface area contributed by atoms with Gasteiger partial charge < -0.3 is 19.7 Å². The molecule has 0 saturated heterocycles. The van der Waals surface area contributed by atoms with Gasteiger partial charge >= 0.3 is 0 Å². The fourth-order valence-corrected chi connectivity index (χ4v) is 3.21. The minimum absolute atomic E-state index is 0.0288. The SMILES string of the molecule is CN=C(NCCCOc1ccccc1)N(C)Cc1csc(C(C)OC)n1. The summed E-state index contributed by atoms with van der Waals surface area (Å²) in [6, 6.07) is 9.86. The summed E-state index contributed by atoms with van der Waals surface area (Å²) in [5.74, 6) is 1.75. The van der Waals surface area contributed by atoms with E-state index in [1.54, 1.807) is 25.5 Å². The molecule has 0 saturated carbocycles. The minimum Gasteiger partial charge on any atom is -0.494 e. The van der Waals surface area contributed by atoms with Crippen LogP contribution in [0.4, 0.5) is 0 Å². The van der Waals surface area contributed by atoms with Crippen molar-refractivity contribution in [3.63, 3.8) is 0 Å². The van der Waals surface area contributed by atoms with Crippen molar-refractivity contribution in [2.24, 2.45) is 4.99 Å². The van der Waals surface area contributed by atoms with Gasteiger partial charge in [0.1, 0.15) is 16.9 Å². The number of thiazole rings is 1. The Morgan fingerprint density at radius 1 is 1.35 bits per heavy atom. The van der Waals surface area contributed by atoms with Gasteiger partial charge in [-0.25, -0.2) is 4.98 Å². The van der Waals surface area contributed by atoms with E-state index in [0.717, 1.165) is 35.4 Å². The van der Waals surface area contributed by atoms with Crippen LogP contribution < -0.4 is 10.1 Å². The summed E-state index contributed by atoms with van der Waals surface area (Å²) in [7, 11) is 5.50. The van der Waals surface area contributed by atoms with Crippen LogP contribution in [0.2, 0.25) is 0 Å². The molecule has 1 aromatic heterocycles. The fraction of sp³-hybridized carbons (Fsp3) is 0.474. The van der Waals surface area contributed by atoms with Gasteiger partial charge in [0.05, 0.1) is 18.8 Å². The van der Waals surface area contributed by atoms with Crippen molar-refractivity contribution >= 4 is 17.3 Å². The van der Waals surface area contributed by atoms with Gasteiger partial charge in [0.2, 0.25) is 0 Å². The van der Waals surface area contributed by atoms with Crippen LogP contribution in [0.15, 0.2) is 40.7 Å². The second-order valence-corrected chi connectivity index (χ2v) is 6.79. The molecule has 7 heteroatoms. The molecule has 2 aromatic rings. The van der Waals surface area contributed by atoms with Crippen molar-refractivity contribution in [2.75, 3.05) is 34.4 Å². The topological polar surface area (TPSA) is 59.0 Å². The maximum absolute atomic E-state index is 5.70. The van der Waals surface area contributed by atoms with Gasteiger partial charge in [0.15, 0.2) is 5.96 Å². The maximum atomic E-state index is 5.70. The Morgan fingerprint density at radius 3 is 2.81 bits per heavy atom. The molecule has 6 nitrogen and oxygen atoms in total. The molecule has 0 fully saturated rings. The highest BCUT2D eigenvalue weighted by Crippen LogP contribution is 2.20. The summed E-state index contributed by atoms with van der Waals surface area (Å²) in [4.78, 5) is 11.0. The quantitative estimate of drug-likeness (QED) is 0.413. The Labute approximate surface area is 159 Å². The van der Waals surface area contributed by atoms with E-state index in [-0.39, 0.29) is 6.10 Å². The third-order valence-electron chi connectivity index (χ3n) is 3.86. The number of methoxy groups -OCH3 is 1. The Bertz CT molecular complexity index is 675. The zero-order valence-corrected chi connectivity index (χ0v) is 16.8. The molecule has 0 aliphatic carbocycles. The molecule has 142 valence electrons. The van der Waals surface area contributed by atoms with Gasteiger partial charge in [-0.15, -0.1) is 11.3 Å². The smallest absolute Gasteiger partial charge is 0.193 e. The number of nitrogens with one attached hydrogen (secondary N) is 1. The number of aromatic nitrogens is 1. The lowest BCUT2D eigenvalue weighted by Gasteiger charge is -2.21. The normalized spacial score (nSPS) is 12.7. The van der Waals surface area contributed by atoms with E-state index in [2.05, 4.69) is 25.6 Å². The first-order chi connectivity index (χ1) is 12.6. The molecule has 26 heavy (non-hydrogen) atoms. The highest BCUT2D eigenvalue weighted by Gasteiger charge is 2.12. The maximum Gasteiger partial charge on any atom is 0.193 e. The number of benzene rings is 1. The van der Waals surface area contributed by atoms with E-state index in [1.807, 2.05) is 44.3 Å². The van der Waals surface area contributed by atoms with Crippen molar-refractivity contribution < 1.29 is 9.47 Å². The van der Waals surface area contributed by atoms with E-state index in [1.165, 1.54) is 0 Å². The number of rotatable bonds is 9. The largest absolute Gasteiger partial charge is 0.494 e. The number of hydrogen-bond donors (Lipinski definition) is 1. The molecule has 0 aliphatic heterocycles. The number of para-hydroxylation sites is 1. The van der Waals surface area contributed by atoms with Crippen molar-refractivity contribution in [2.45, 2.75) is 26.0 Å². The molecule has 0 aliphatic rings. The first-order valence-corrected chi connectivity index (χ1v) is 9.58. The predicted octanol–water partition coefficient (Wildman–Crippen LogP) is 3.33. The average Bonchev–Trinajstić information content (AvgIpc) is 3.13. The van der Waals surface area contributed by atoms with Gasteiger partial charge in [-0.1, -0.05) is 18.2 Å². The van der Waals surface area contributed by atoms with E-state index in [9.17, 15) is 0 Å². The molecule has 1 unspecified atom stereocenters. The van der Waals surface area contributed by atoms with Gasteiger partial charge in [0.25, 0.3) is 0 Å². The molecule has 1 N–H and O–H groups in total. The van der Waals surface area contributed by atoms with Crippen LogP contribution in [-0.2, 0) is 11.3 Å². The summed E-state index contributed by atoms with van der Waals surface area (Å²) >= 11 is 1.63. The lowest BCUT2D eigenvalue weighted by atomic mass is 10.3. The van der Waals surface area contributed by atoms with Crippen LogP contribution in [0, 0.1) is 0 Å². The molecule has 0 spiro atoms. The fourth-order valence-electron chi connectivity index (χ4n) is 2.36. The standard InChI is InChI=1S/C19H28N4O2S/c1-15(24-4)18-22-16(14-26-18)13-23(3)19(20-2)21-11-8-12-25-17-9-6-5-7-10-17/h5-7,9-10,14-15H,8,11-13H2,1-4H3,(H,20,21). The first-order valence-electron chi connectivity index (χ1n) is 8.70. The Kier molecular flexibility index (Phi) is 8.37. The Balaban J connectivity index is 1.72. The molecular weight excluding hydrogens is 348 g/mol. The van der Waals surface area contributed by atoms with Gasteiger partial charge in [-0.2, -0.15) is 0 Å².